The molecule has 1 amide bonds. The molecular weight excluding hydrogens is 586 g/mol. The second kappa shape index (κ2) is 12.5. The van der Waals surface area contributed by atoms with E-state index in [-0.39, 0.29) is 28.9 Å². The molecule has 2 heterocycles. The van der Waals surface area contributed by atoms with Gasteiger partial charge in [-0.1, -0.05) is 11.6 Å². The third-order valence-corrected chi connectivity index (χ3v) is 5.14. The highest BCUT2D eigenvalue weighted by Crippen LogP contribution is 2.36. The lowest BCUT2D eigenvalue weighted by Crippen LogP contribution is -2.21. The lowest BCUT2D eigenvalue weighted by molar-refractivity contribution is -0.192. The molecule has 10 nitrogen and oxygen atoms in total. The van der Waals surface area contributed by atoms with Crippen LogP contribution < -0.4 is 15.4 Å². The topological polar surface area (TPSA) is 142 Å². The minimum Gasteiger partial charge on any atom is -0.475 e. The molecule has 0 saturated carbocycles. The largest absolute Gasteiger partial charge is 0.490 e. The Morgan fingerprint density at radius 1 is 0.976 bits per heavy atom. The summed E-state index contributed by atoms with van der Waals surface area (Å²) in [5.41, 5.74) is 0.0757. The third-order valence-electron chi connectivity index (χ3n) is 4.81. The summed E-state index contributed by atoms with van der Waals surface area (Å²) in [6.45, 7) is 0. The van der Waals surface area contributed by atoms with Gasteiger partial charge in [-0.3, -0.25) is 14.9 Å². The number of rotatable bonds is 6. The van der Waals surface area contributed by atoms with Crippen molar-refractivity contribution in [2.75, 3.05) is 12.4 Å². The molecule has 0 saturated heterocycles. The zero-order chi connectivity index (χ0) is 30.4. The predicted molar refractivity (Wildman–Crippen MR) is 133 cm³/mol. The van der Waals surface area contributed by atoms with E-state index < -0.39 is 28.9 Å². The monoisotopic (exact) mass is 602 g/mol. The maximum Gasteiger partial charge on any atom is 0.490 e. The molecular formula is C24H17ClF6N6O4. The normalized spacial score (nSPS) is 11.2. The Morgan fingerprint density at radius 3 is 2.22 bits per heavy atom. The Labute approximate surface area is 231 Å². The molecule has 0 aliphatic rings. The molecule has 4 N–H and O–H groups in total. The van der Waals surface area contributed by atoms with Gasteiger partial charge in [-0.25, -0.2) is 4.79 Å². The van der Waals surface area contributed by atoms with Gasteiger partial charge in [0.25, 0.3) is 5.91 Å². The quantitative estimate of drug-likeness (QED) is 0.195. The van der Waals surface area contributed by atoms with Crippen LogP contribution >= 0.6 is 11.6 Å². The molecule has 0 spiro atoms. The first kappa shape index (κ1) is 30.7. The number of carboxylic acids is 1. The summed E-state index contributed by atoms with van der Waals surface area (Å²) in [5.74, 6) is -1.83. The molecule has 2 aromatic carbocycles. The van der Waals surface area contributed by atoms with Gasteiger partial charge in [0.1, 0.15) is 17.2 Å². The number of hydrogen-bond donors (Lipinski definition) is 4. The van der Waals surface area contributed by atoms with Gasteiger partial charge in [0.2, 0.25) is 5.95 Å². The van der Waals surface area contributed by atoms with Crippen molar-refractivity contribution in [3.63, 3.8) is 0 Å². The van der Waals surface area contributed by atoms with Crippen molar-refractivity contribution >= 4 is 35.1 Å². The van der Waals surface area contributed by atoms with Gasteiger partial charge in [-0.15, -0.1) is 5.10 Å². The van der Waals surface area contributed by atoms with Gasteiger partial charge < -0.3 is 20.5 Å². The zero-order valence-corrected chi connectivity index (χ0v) is 21.2. The van der Waals surface area contributed by atoms with E-state index in [4.69, 9.17) is 26.2 Å². The van der Waals surface area contributed by atoms with Crippen LogP contribution in [0.1, 0.15) is 16.1 Å². The Morgan fingerprint density at radius 2 is 1.63 bits per heavy atom. The number of carboxylic acid groups (broad SMARTS) is 1. The number of nitrogens with zero attached hydrogens (tertiary/aromatic N) is 3. The highest BCUT2D eigenvalue weighted by atomic mass is 35.5. The summed E-state index contributed by atoms with van der Waals surface area (Å²) in [4.78, 5) is 28.8. The highest BCUT2D eigenvalue weighted by molar-refractivity contribution is 6.31. The molecule has 41 heavy (non-hydrogen) atoms. The molecule has 4 aromatic rings. The Balaban J connectivity index is 0.000000587. The zero-order valence-electron chi connectivity index (χ0n) is 20.4. The van der Waals surface area contributed by atoms with Crippen molar-refractivity contribution in [1.29, 1.82) is 0 Å². The molecule has 216 valence electrons. The van der Waals surface area contributed by atoms with Crippen molar-refractivity contribution in [3.8, 4) is 22.9 Å². The smallest absolute Gasteiger partial charge is 0.475 e. The Hall–Kier alpha value is -4.86. The van der Waals surface area contributed by atoms with Crippen LogP contribution in [0.25, 0.3) is 11.4 Å². The van der Waals surface area contributed by atoms with E-state index in [0.29, 0.717) is 17.2 Å². The number of nitrogens with one attached hydrogen (secondary N) is 3. The van der Waals surface area contributed by atoms with Crippen LogP contribution in [-0.4, -0.2) is 50.4 Å². The van der Waals surface area contributed by atoms with Gasteiger partial charge in [0.15, 0.2) is 5.82 Å². The summed E-state index contributed by atoms with van der Waals surface area (Å²) in [5, 5.41) is 18.8. The number of hydrogen-bond acceptors (Lipinski definition) is 7. The summed E-state index contributed by atoms with van der Waals surface area (Å²) >= 11 is 5.66. The molecule has 0 aliphatic carbocycles. The lowest BCUT2D eigenvalue weighted by atomic mass is 10.1. The number of halogens is 7. The molecule has 17 heteroatoms. The molecule has 0 atom stereocenters. The van der Waals surface area contributed by atoms with Crippen molar-refractivity contribution < 1.29 is 45.8 Å². The first-order valence-corrected chi connectivity index (χ1v) is 11.4. The SMILES string of the molecule is CNC(=O)c1cc(Oc2ccc(Nc3n[nH]c(-c4ccc(Cl)c(C(F)(F)F)c4)n3)cc2)ccn1.O=C(O)C(F)(F)F. The van der Waals surface area contributed by atoms with E-state index in [1.165, 1.54) is 25.4 Å². The highest BCUT2D eigenvalue weighted by Gasteiger charge is 2.38. The first-order chi connectivity index (χ1) is 19.2. The number of aromatic nitrogens is 4. The third kappa shape index (κ3) is 8.56. The van der Waals surface area contributed by atoms with Gasteiger partial charge in [0.05, 0.1) is 10.6 Å². The molecule has 0 fully saturated rings. The number of pyridine rings is 1. The number of carbonyl (C=O) groups is 2. The predicted octanol–water partition coefficient (Wildman–Crippen LogP) is 6.07. The maximum absolute atomic E-state index is 13.1. The lowest BCUT2D eigenvalue weighted by Gasteiger charge is -2.09. The number of amides is 1. The Kier molecular flexibility index (Phi) is 9.39. The summed E-state index contributed by atoms with van der Waals surface area (Å²) < 4.78 is 76.8. The van der Waals surface area contributed by atoms with Gasteiger partial charge >= 0.3 is 18.3 Å². The van der Waals surface area contributed by atoms with E-state index in [9.17, 15) is 31.1 Å². The molecule has 2 aromatic heterocycles. The number of ether oxygens (including phenoxy) is 1. The van der Waals surface area contributed by atoms with Crippen LogP contribution in [0.2, 0.25) is 5.02 Å². The second-order valence-corrected chi connectivity index (χ2v) is 8.12. The minimum absolute atomic E-state index is 0.147. The first-order valence-electron chi connectivity index (χ1n) is 11.0. The summed E-state index contributed by atoms with van der Waals surface area (Å²) in [6.07, 6.45) is -8.20. The van der Waals surface area contributed by atoms with Gasteiger partial charge in [0, 0.05) is 30.6 Å². The molecule has 0 aliphatic heterocycles. The number of H-pyrrole nitrogens is 1. The number of alkyl halides is 6. The van der Waals surface area contributed by atoms with Crippen molar-refractivity contribution in [3.05, 3.63) is 77.1 Å². The fourth-order valence-electron chi connectivity index (χ4n) is 2.93. The van der Waals surface area contributed by atoms with E-state index in [1.807, 2.05) is 0 Å². The molecule has 0 radical (unpaired) electrons. The fraction of sp³-hybridized carbons (Fsp3) is 0.125. The summed E-state index contributed by atoms with van der Waals surface area (Å²) in [7, 11) is 1.51. The van der Waals surface area contributed by atoms with E-state index in [0.717, 1.165) is 12.1 Å². The van der Waals surface area contributed by atoms with E-state index in [1.54, 1.807) is 30.3 Å². The second-order valence-electron chi connectivity index (χ2n) is 7.71. The van der Waals surface area contributed by atoms with Crippen LogP contribution in [-0.2, 0) is 11.0 Å². The van der Waals surface area contributed by atoms with Crippen LogP contribution in [0, 0.1) is 0 Å². The average molecular weight is 603 g/mol. The average Bonchev–Trinajstić information content (AvgIpc) is 3.37. The van der Waals surface area contributed by atoms with Crippen molar-refractivity contribution in [1.82, 2.24) is 25.5 Å². The Bertz CT molecular complexity index is 1530. The molecule has 0 unspecified atom stereocenters. The number of benzene rings is 2. The number of carbonyl (C=O) groups excluding carboxylic acids is 1. The maximum atomic E-state index is 13.1. The van der Waals surface area contributed by atoms with Crippen LogP contribution in [0.3, 0.4) is 0 Å². The number of aliphatic carboxylic acids is 1. The molecule has 0 bridgehead atoms. The van der Waals surface area contributed by atoms with Gasteiger partial charge in [-0.2, -0.15) is 31.3 Å². The van der Waals surface area contributed by atoms with Gasteiger partial charge in [-0.05, 0) is 48.5 Å². The van der Waals surface area contributed by atoms with Crippen molar-refractivity contribution in [2.24, 2.45) is 0 Å². The van der Waals surface area contributed by atoms with E-state index in [2.05, 4.69) is 30.8 Å². The van der Waals surface area contributed by atoms with Crippen molar-refractivity contribution in [2.45, 2.75) is 12.4 Å². The number of aromatic amines is 1. The standard InChI is InChI=1S/C22H16ClF3N6O2.C2HF3O2/c1-27-20(33)18-11-15(8-9-28-18)34-14-5-3-13(4-6-14)29-21-30-19(31-32-21)12-2-7-17(23)16(10-12)22(24,25)26;3-2(4,5)1(6)7/h2-11H,1H3,(H,27,33)(H2,29,30,31,32);(H,6,7). The minimum atomic E-state index is -5.08. The molecule has 4 rings (SSSR count). The number of anilines is 2. The van der Waals surface area contributed by atoms with Crippen LogP contribution in [0.15, 0.2) is 60.8 Å². The van der Waals surface area contributed by atoms with E-state index >= 15 is 0 Å². The van der Waals surface area contributed by atoms with Crippen LogP contribution in [0.4, 0.5) is 38.0 Å². The fourth-order valence-corrected chi connectivity index (χ4v) is 3.16. The summed E-state index contributed by atoms with van der Waals surface area (Å²) in [6, 6.07) is 13.4. The van der Waals surface area contributed by atoms with Crippen LogP contribution in [0.5, 0.6) is 11.5 Å².